The molecule has 0 spiro atoms. The molecule has 96 valence electrons. The Labute approximate surface area is 107 Å². The van der Waals surface area contributed by atoms with Crippen LogP contribution in [0.5, 0.6) is 0 Å². The van der Waals surface area contributed by atoms with Crippen LogP contribution in [-0.2, 0) is 0 Å². The van der Waals surface area contributed by atoms with E-state index in [1.54, 1.807) is 0 Å². The molecule has 1 atom stereocenters. The molecule has 0 aromatic heterocycles. The van der Waals surface area contributed by atoms with Crippen molar-refractivity contribution in [3.05, 3.63) is 36.0 Å². The van der Waals surface area contributed by atoms with Crippen LogP contribution < -0.4 is 0 Å². The SMILES string of the molecule is C/C=C1/C(C)=C(/C(C)C)C=NCCC1C.C=C. The first-order valence-electron chi connectivity index (χ1n) is 6.45. The lowest BCUT2D eigenvalue weighted by molar-refractivity contribution is 0.620. The van der Waals surface area contributed by atoms with Crippen molar-refractivity contribution in [1.29, 1.82) is 0 Å². The lowest BCUT2D eigenvalue weighted by Crippen LogP contribution is -2.11. The molecule has 0 aromatic carbocycles. The second kappa shape index (κ2) is 8.05. The minimum atomic E-state index is 0.564. The minimum Gasteiger partial charge on any atom is -0.293 e. The van der Waals surface area contributed by atoms with Crippen molar-refractivity contribution < 1.29 is 0 Å². The summed E-state index contributed by atoms with van der Waals surface area (Å²) < 4.78 is 0. The summed E-state index contributed by atoms with van der Waals surface area (Å²) in [6.45, 7) is 18.1. The van der Waals surface area contributed by atoms with Crippen LogP contribution in [0.25, 0.3) is 0 Å². The molecule has 1 aliphatic rings. The van der Waals surface area contributed by atoms with Crippen molar-refractivity contribution in [2.24, 2.45) is 16.8 Å². The number of aliphatic imine (C=N–C) groups is 1. The molecule has 1 unspecified atom stereocenters. The fourth-order valence-corrected chi connectivity index (χ4v) is 2.30. The Balaban J connectivity index is 0.00000121. The normalized spacial score (nSPS) is 27.4. The van der Waals surface area contributed by atoms with Gasteiger partial charge in [-0.15, -0.1) is 13.2 Å². The van der Waals surface area contributed by atoms with Crippen LogP contribution in [0.3, 0.4) is 0 Å². The van der Waals surface area contributed by atoms with E-state index in [0.717, 1.165) is 6.54 Å². The van der Waals surface area contributed by atoms with Crippen molar-refractivity contribution in [1.82, 2.24) is 0 Å². The van der Waals surface area contributed by atoms with E-state index in [2.05, 4.69) is 65.1 Å². The fraction of sp³-hybridized carbons (Fsp3) is 0.562. The molecular weight excluding hydrogens is 206 g/mol. The van der Waals surface area contributed by atoms with E-state index >= 15 is 0 Å². The highest BCUT2D eigenvalue weighted by molar-refractivity contribution is 5.81. The standard InChI is InChI=1S/C14H23N.C2H4/c1-6-13-11(4)7-8-15-9-14(10(2)3)12(13)5;1-2/h6,9-11H,7-8H2,1-5H3;1-2H2/b13-6+,14-12+,15-9?;. The van der Waals surface area contributed by atoms with Crippen molar-refractivity contribution >= 4 is 6.21 Å². The summed E-state index contributed by atoms with van der Waals surface area (Å²) in [7, 11) is 0. The summed E-state index contributed by atoms with van der Waals surface area (Å²) in [6.07, 6.45) is 5.51. The van der Waals surface area contributed by atoms with Crippen LogP contribution in [0, 0.1) is 11.8 Å². The maximum absolute atomic E-state index is 4.49. The van der Waals surface area contributed by atoms with Crippen molar-refractivity contribution in [3.8, 4) is 0 Å². The Hall–Kier alpha value is -1.11. The van der Waals surface area contributed by atoms with Crippen molar-refractivity contribution in [3.63, 3.8) is 0 Å². The average molecular weight is 233 g/mol. The van der Waals surface area contributed by atoms with E-state index in [1.165, 1.54) is 23.1 Å². The summed E-state index contributed by atoms with van der Waals surface area (Å²) >= 11 is 0. The summed E-state index contributed by atoms with van der Waals surface area (Å²) in [5.74, 6) is 1.20. The van der Waals surface area contributed by atoms with Crippen LogP contribution in [0.1, 0.15) is 41.0 Å². The number of rotatable bonds is 1. The molecule has 0 N–H and O–H groups in total. The lowest BCUT2D eigenvalue weighted by atomic mass is 9.85. The highest BCUT2D eigenvalue weighted by Gasteiger charge is 2.15. The third-order valence-corrected chi connectivity index (χ3v) is 3.25. The first kappa shape index (κ1) is 15.9. The van der Waals surface area contributed by atoms with Crippen LogP contribution in [0.4, 0.5) is 0 Å². The third kappa shape index (κ3) is 4.33. The molecule has 17 heavy (non-hydrogen) atoms. The summed E-state index contributed by atoms with van der Waals surface area (Å²) in [5, 5.41) is 0. The number of hydrogen-bond acceptors (Lipinski definition) is 1. The Morgan fingerprint density at radius 1 is 1.41 bits per heavy atom. The van der Waals surface area contributed by atoms with Gasteiger partial charge in [0.15, 0.2) is 0 Å². The second-order valence-electron chi connectivity index (χ2n) is 4.70. The van der Waals surface area contributed by atoms with Gasteiger partial charge in [0.2, 0.25) is 0 Å². The highest BCUT2D eigenvalue weighted by Crippen LogP contribution is 2.28. The maximum atomic E-state index is 4.49. The van der Waals surface area contributed by atoms with Gasteiger partial charge in [0.05, 0.1) is 0 Å². The Bertz CT molecular complexity index is 318. The van der Waals surface area contributed by atoms with Gasteiger partial charge >= 0.3 is 0 Å². The number of hydrogen-bond donors (Lipinski definition) is 0. The quantitative estimate of drug-likeness (QED) is 0.576. The van der Waals surface area contributed by atoms with E-state index in [-0.39, 0.29) is 0 Å². The molecule has 0 fully saturated rings. The Kier molecular flexibility index (Phi) is 7.53. The van der Waals surface area contributed by atoms with Crippen LogP contribution in [-0.4, -0.2) is 12.8 Å². The van der Waals surface area contributed by atoms with Crippen molar-refractivity contribution in [2.45, 2.75) is 41.0 Å². The molecule has 1 heterocycles. The van der Waals surface area contributed by atoms with Gasteiger partial charge in [0, 0.05) is 12.8 Å². The zero-order valence-corrected chi connectivity index (χ0v) is 12.1. The van der Waals surface area contributed by atoms with Gasteiger partial charge < -0.3 is 0 Å². The van der Waals surface area contributed by atoms with Crippen LogP contribution in [0.15, 0.2) is 40.9 Å². The predicted octanol–water partition coefficient (Wildman–Crippen LogP) is 4.82. The van der Waals surface area contributed by atoms with E-state index in [4.69, 9.17) is 0 Å². The summed E-state index contributed by atoms with van der Waals surface area (Å²) in [4.78, 5) is 4.49. The van der Waals surface area contributed by atoms with Gasteiger partial charge in [-0.3, -0.25) is 4.99 Å². The van der Waals surface area contributed by atoms with Gasteiger partial charge in [-0.05, 0) is 48.8 Å². The van der Waals surface area contributed by atoms with E-state index < -0.39 is 0 Å². The fourth-order valence-electron chi connectivity index (χ4n) is 2.30. The second-order valence-corrected chi connectivity index (χ2v) is 4.70. The van der Waals surface area contributed by atoms with Gasteiger partial charge in [-0.1, -0.05) is 26.8 Å². The molecule has 0 saturated carbocycles. The molecule has 0 aromatic rings. The lowest BCUT2D eigenvalue weighted by Gasteiger charge is -2.22. The van der Waals surface area contributed by atoms with Gasteiger partial charge in [0.1, 0.15) is 0 Å². The zero-order valence-electron chi connectivity index (χ0n) is 12.1. The predicted molar refractivity (Wildman–Crippen MR) is 79.7 cm³/mol. The number of nitrogens with zero attached hydrogens (tertiary/aromatic N) is 1. The van der Waals surface area contributed by atoms with Crippen LogP contribution in [0.2, 0.25) is 0 Å². The monoisotopic (exact) mass is 233 g/mol. The molecular formula is C16H27N. The molecule has 1 heteroatoms. The smallest absolute Gasteiger partial charge is 0.0395 e. The van der Waals surface area contributed by atoms with E-state index in [9.17, 15) is 0 Å². The van der Waals surface area contributed by atoms with Crippen molar-refractivity contribution in [2.75, 3.05) is 6.54 Å². The summed E-state index contributed by atoms with van der Waals surface area (Å²) in [6, 6.07) is 0. The maximum Gasteiger partial charge on any atom is 0.0395 e. The molecule has 0 amide bonds. The molecule has 0 aliphatic carbocycles. The molecule has 0 saturated heterocycles. The number of allylic oxidation sites excluding steroid dienone is 4. The Morgan fingerprint density at radius 3 is 2.47 bits per heavy atom. The molecule has 1 rings (SSSR count). The minimum absolute atomic E-state index is 0.564. The zero-order chi connectivity index (χ0) is 13.4. The van der Waals surface area contributed by atoms with Gasteiger partial charge in [-0.25, -0.2) is 0 Å². The van der Waals surface area contributed by atoms with E-state index in [0.29, 0.717) is 11.8 Å². The first-order chi connectivity index (χ1) is 8.07. The first-order valence-corrected chi connectivity index (χ1v) is 6.45. The molecule has 1 aliphatic heterocycles. The largest absolute Gasteiger partial charge is 0.293 e. The van der Waals surface area contributed by atoms with Crippen LogP contribution >= 0.6 is 0 Å². The highest BCUT2D eigenvalue weighted by atomic mass is 14.7. The van der Waals surface area contributed by atoms with Gasteiger partial charge in [-0.2, -0.15) is 0 Å². The topological polar surface area (TPSA) is 12.4 Å². The van der Waals surface area contributed by atoms with E-state index in [1.807, 2.05) is 0 Å². The average Bonchev–Trinajstić information content (AvgIpc) is 2.30. The molecule has 0 bridgehead atoms. The third-order valence-electron chi connectivity index (χ3n) is 3.25. The molecule has 0 radical (unpaired) electrons. The Morgan fingerprint density at radius 2 is 2.00 bits per heavy atom. The molecule has 1 nitrogen and oxygen atoms in total. The summed E-state index contributed by atoms with van der Waals surface area (Å²) in [5.41, 5.74) is 4.34. The van der Waals surface area contributed by atoms with Gasteiger partial charge in [0.25, 0.3) is 0 Å².